The van der Waals surface area contributed by atoms with Crippen molar-refractivity contribution < 1.29 is 4.79 Å². The zero-order valence-corrected chi connectivity index (χ0v) is 14.5. The van der Waals surface area contributed by atoms with Gasteiger partial charge < -0.3 is 10.2 Å². The van der Waals surface area contributed by atoms with Gasteiger partial charge in [0, 0.05) is 31.1 Å². The smallest absolute Gasteiger partial charge is 0.225 e. The van der Waals surface area contributed by atoms with E-state index in [-0.39, 0.29) is 0 Å². The molecule has 0 spiro atoms. The molecule has 3 heteroatoms. The van der Waals surface area contributed by atoms with Gasteiger partial charge >= 0.3 is 0 Å². The number of piperidine rings is 1. The Morgan fingerprint density at radius 2 is 1.96 bits per heavy atom. The Balaban J connectivity index is 1.62. The number of likely N-dealkylation sites (tertiary alicyclic amines) is 1. The Hall–Kier alpha value is -1.35. The monoisotopic (exact) mass is 314 g/mol. The van der Waals surface area contributed by atoms with E-state index in [2.05, 4.69) is 54.4 Å². The lowest BCUT2D eigenvalue weighted by Gasteiger charge is -2.40. The highest BCUT2D eigenvalue weighted by atomic mass is 16.2. The Labute approximate surface area is 140 Å². The second-order valence-electron chi connectivity index (χ2n) is 7.16. The van der Waals surface area contributed by atoms with Crippen molar-refractivity contribution in [3.8, 4) is 0 Å². The summed E-state index contributed by atoms with van der Waals surface area (Å²) in [6, 6.07) is 11.7. The first kappa shape index (κ1) is 16.5. The quantitative estimate of drug-likeness (QED) is 0.867. The third-order valence-electron chi connectivity index (χ3n) is 5.52. The normalized spacial score (nSPS) is 26.1. The summed E-state index contributed by atoms with van der Waals surface area (Å²) in [5, 5.41) is 3.89. The van der Waals surface area contributed by atoms with Gasteiger partial charge in [-0.25, -0.2) is 0 Å². The summed E-state index contributed by atoms with van der Waals surface area (Å²) in [7, 11) is 0. The molecule has 0 bridgehead atoms. The van der Waals surface area contributed by atoms with Crippen LogP contribution < -0.4 is 5.32 Å². The molecule has 1 saturated carbocycles. The molecule has 1 N–H and O–H groups in total. The SMILES string of the molecule is CC[C@H]1CN(C(=O)C2CC2)CC[C@H]1N[C@@H](CC)c1ccccc1. The van der Waals surface area contributed by atoms with Crippen molar-refractivity contribution in [3.63, 3.8) is 0 Å². The topological polar surface area (TPSA) is 32.3 Å². The average molecular weight is 314 g/mol. The summed E-state index contributed by atoms with van der Waals surface area (Å²) in [6.45, 7) is 6.37. The second-order valence-corrected chi connectivity index (χ2v) is 7.16. The van der Waals surface area contributed by atoms with Gasteiger partial charge in [0.1, 0.15) is 0 Å². The lowest BCUT2D eigenvalue weighted by Crippen LogP contribution is -2.51. The fourth-order valence-corrected chi connectivity index (χ4v) is 3.85. The predicted molar refractivity (Wildman–Crippen MR) is 94.1 cm³/mol. The second kappa shape index (κ2) is 7.48. The van der Waals surface area contributed by atoms with Gasteiger partial charge in [0.05, 0.1) is 0 Å². The minimum atomic E-state index is 0.352. The van der Waals surface area contributed by atoms with Crippen molar-refractivity contribution in [3.05, 3.63) is 35.9 Å². The molecule has 0 unspecified atom stereocenters. The van der Waals surface area contributed by atoms with Crippen LogP contribution in [0.2, 0.25) is 0 Å². The van der Waals surface area contributed by atoms with Gasteiger partial charge in [-0.05, 0) is 37.2 Å². The van der Waals surface area contributed by atoms with Crippen molar-refractivity contribution >= 4 is 5.91 Å². The van der Waals surface area contributed by atoms with Crippen LogP contribution in [0.25, 0.3) is 0 Å². The van der Waals surface area contributed by atoms with Gasteiger partial charge in [-0.1, -0.05) is 50.6 Å². The first-order chi connectivity index (χ1) is 11.2. The molecule has 2 aliphatic rings. The van der Waals surface area contributed by atoms with Crippen molar-refractivity contribution in [1.29, 1.82) is 0 Å². The molecule has 3 atom stereocenters. The number of benzene rings is 1. The summed E-state index contributed by atoms with van der Waals surface area (Å²) >= 11 is 0. The lowest BCUT2D eigenvalue weighted by molar-refractivity contribution is -0.134. The number of nitrogens with one attached hydrogen (secondary N) is 1. The van der Waals surface area contributed by atoms with Gasteiger partial charge in [0.25, 0.3) is 0 Å². The molecule has 23 heavy (non-hydrogen) atoms. The van der Waals surface area contributed by atoms with Gasteiger partial charge in [0.2, 0.25) is 5.91 Å². The molecule has 0 radical (unpaired) electrons. The minimum Gasteiger partial charge on any atom is -0.342 e. The first-order valence-corrected chi connectivity index (χ1v) is 9.32. The largest absolute Gasteiger partial charge is 0.342 e. The molecule has 1 aliphatic heterocycles. The standard InChI is InChI=1S/C20H30N2O/c1-3-15-14-22(20(23)17-10-11-17)13-12-19(15)21-18(4-2)16-8-6-5-7-9-16/h5-9,15,17-19,21H,3-4,10-14H2,1-2H3/t15-,18-,19+/m0/s1. The summed E-state index contributed by atoms with van der Waals surface area (Å²) in [5.41, 5.74) is 1.38. The number of carbonyl (C=O) groups is 1. The van der Waals surface area contributed by atoms with Crippen LogP contribution in [0.3, 0.4) is 0 Å². The molecule has 3 rings (SSSR count). The number of hydrogen-bond donors (Lipinski definition) is 1. The van der Waals surface area contributed by atoms with Gasteiger partial charge in [0.15, 0.2) is 0 Å². The van der Waals surface area contributed by atoms with E-state index in [0.717, 1.165) is 45.2 Å². The molecule has 1 aliphatic carbocycles. The summed E-state index contributed by atoms with van der Waals surface area (Å²) in [5.74, 6) is 1.34. The molecular formula is C20H30N2O. The van der Waals surface area contributed by atoms with E-state index < -0.39 is 0 Å². The van der Waals surface area contributed by atoms with Crippen molar-refractivity contribution in [2.24, 2.45) is 11.8 Å². The number of nitrogens with zero attached hydrogens (tertiary/aromatic N) is 1. The van der Waals surface area contributed by atoms with E-state index in [1.54, 1.807) is 0 Å². The summed E-state index contributed by atoms with van der Waals surface area (Å²) in [4.78, 5) is 14.5. The first-order valence-electron chi connectivity index (χ1n) is 9.32. The third kappa shape index (κ3) is 3.95. The molecule has 1 aromatic rings. The molecule has 3 nitrogen and oxygen atoms in total. The van der Waals surface area contributed by atoms with Gasteiger partial charge in [-0.15, -0.1) is 0 Å². The van der Waals surface area contributed by atoms with Crippen LogP contribution in [0.1, 0.15) is 57.6 Å². The molecule has 1 saturated heterocycles. The highest BCUT2D eigenvalue weighted by Crippen LogP contribution is 2.33. The number of carbonyl (C=O) groups excluding carboxylic acids is 1. The summed E-state index contributed by atoms with van der Waals surface area (Å²) < 4.78 is 0. The van der Waals surface area contributed by atoms with Crippen LogP contribution in [-0.4, -0.2) is 29.9 Å². The summed E-state index contributed by atoms with van der Waals surface area (Å²) in [6.07, 6.45) is 5.54. The molecule has 126 valence electrons. The molecule has 1 aromatic carbocycles. The van der Waals surface area contributed by atoms with E-state index >= 15 is 0 Å². The highest BCUT2D eigenvalue weighted by molar-refractivity contribution is 5.81. The number of rotatable bonds is 6. The predicted octanol–water partition coefficient (Wildman–Crippen LogP) is 3.76. The van der Waals surface area contributed by atoms with E-state index in [1.165, 1.54) is 5.56 Å². The fourth-order valence-electron chi connectivity index (χ4n) is 3.85. The number of amides is 1. The average Bonchev–Trinajstić information content (AvgIpc) is 3.45. The fraction of sp³-hybridized carbons (Fsp3) is 0.650. The number of hydrogen-bond acceptors (Lipinski definition) is 2. The van der Waals surface area contributed by atoms with Gasteiger partial charge in [-0.3, -0.25) is 4.79 Å². The molecule has 1 amide bonds. The van der Waals surface area contributed by atoms with Crippen LogP contribution in [-0.2, 0) is 4.79 Å². The van der Waals surface area contributed by atoms with Crippen LogP contribution in [0, 0.1) is 11.8 Å². The lowest BCUT2D eigenvalue weighted by atomic mass is 9.88. The van der Waals surface area contributed by atoms with E-state index in [1.807, 2.05) is 0 Å². The van der Waals surface area contributed by atoms with Crippen LogP contribution >= 0.6 is 0 Å². The molecule has 1 heterocycles. The zero-order chi connectivity index (χ0) is 16.2. The maximum Gasteiger partial charge on any atom is 0.225 e. The maximum absolute atomic E-state index is 12.3. The molecule has 0 aromatic heterocycles. The zero-order valence-electron chi connectivity index (χ0n) is 14.5. The van der Waals surface area contributed by atoms with Gasteiger partial charge in [-0.2, -0.15) is 0 Å². The van der Waals surface area contributed by atoms with Crippen LogP contribution in [0.5, 0.6) is 0 Å². The highest BCUT2D eigenvalue weighted by Gasteiger charge is 2.37. The Morgan fingerprint density at radius 3 is 2.57 bits per heavy atom. The van der Waals surface area contributed by atoms with Crippen molar-refractivity contribution in [1.82, 2.24) is 10.2 Å². The Bertz CT molecular complexity index is 512. The van der Waals surface area contributed by atoms with E-state index in [9.17, 15) is 4.79 Å². The Kier molecular flexibility index (Phi) is 5.37. The van der Waals surface area contributed by atoms with E-state index in [0.29, 0.717) is 29.8 Å². The minimum absolute atomic E-state index is 0.352. The molecule has 2 fully saturated rings. The molecular weight excluding hydrogens is 284 g/mol. The Morgan fingerprint density at radius 1 is 1.22 bits per heavy atom. The maximum atomic E-state index is 12.3. The van der Waals surface area contributed by atoms with Crippen molar-refractivity contribution in [2.75, 3.05) is 13.1 Å². The third-order valence-corrected chi connectivity index (χ3v) is 5.52. The van der Waals surface area contributed by atoms with Crippen LogP contribution in [0.15, 0.2) is 30.3 Å². The van der Waals surface area contributed by atoms with Crippen LogP contribution in [0.4, 0.5) is 0 Å². The van der Waals surface area contributed by atoms with Crippen molar-refractivity contribution in [2.45, 2.75) is 58.0 Å². The van der Waals surface area contributed by atoms with E-state index in [4.69, 9.17) is 0 Å².